The van der Waals surface area contributed by atoms with Crippen LogP contribution < -0.4 is 15.5 Å². The molecule has 0 aromatic heterocycles. The molecular formula is C17H18F3N3O3S. The highest BCUT2D eigenvalue weighted by Gasteiger charge is 2.33. The number of halogens is 3. The minimum atomic E-state index is -2.78. The van der Waals surface area contributed by atoms with Crippen LogP contribution in [-0.4, -0.2) is 49.2 Å². The van der Waals surface area contributed by atoms with Gasteiger partial charge < -0.3 is 15.4 Å². The molecule has 0 aliphatic carbocycles. The van der Waals surface area contributed by atoms with E-state index in [2.05, 4.69) is 22.9 Å². The van der Waals surface area contributed by atoms with Crippen molar-refractivity contribution in [3.8, 4) is 0 Å². The summed E-state index contributed by atoms with van der Waals surface area (Å²) >= 11 is 4.47. The molecule has 2 atom stereocenters. The molecule has 27 heavy (non-hydrogen) atoms. The third-order valence-corrected chi connectivity index (χ3v) is 4.90. The van der Waals surface area contributed by atoms with Gasteiger partial charge in [-0.05, 0) is 24.1 Å². The van der Waals surface area contributed by atoms with Crippen molar-refractivity contribution < 1.29 is 27.5 Å². The summed E-state index contributed by atoms with van der Waals surface area (Å²) in [7, 11) is 0. The van der Waals surface area contributed by atoms with Crippen LogP contribution >= 0.6 is 12.2 Å². The molecule has 2 fully saturated rings. The first kappa shape index (κ1) is 19.4. The molecule has 1 aromatic carbocycles. The van der Waals surface area contributed by atoms with Crippen molar-refractivity contribution in [2.75, 3.05) is 24.5 Å². The molecule has 146 valence electrons. The van der Waals surface area contributed by atoms with Crippen molar-refractivity contribution in [3.63, 3.8) is 0 Å². The first-order chi connectivity index (χ1) is 12.8. The van der Waals surface area contributed by atoms with Crippen molar-refractivity contribution >= 4 is 34.9 Å². The minimum absolute atomic E-state index is 0.0472. The van der Waals surface area contributed by atoms with Crippen LogP contribution in [0.15, 0.2) is 18.2 Å². The summed E-state index contributed by atoms with van der Waals surface area (Å²) in [6.45, 7) is 0.419. The highest BCUT2D eigenvalue weighted by Crippen LogP contribution is 2.30. The molecular weight excluding hydrogens is 383 g/mol. The predicted octanol–water partition coefficient (Wildman–Crippen LogP) is 2.33. The fourth-order valence-corrected chi connectivity index (χ4v) is 3.23. The lowest BCUT2D eigenvalue weighted by atomic mass is 9.91. The molecule has 2 aliphatic heterocycles. The molecule has 2 saturated heterocycles. The highest BCUT2D eigenvalue weighted by atomic mass is 32.1. The lowest BCUT2D eigenvalue weighted by molar-refractivity contribution is -0.122. The quantitative estimate of drug-likeness (QED) is 0.742. The summed E-state index contributed by atoms with van der Waals surface area (Å²) in [5, 5.41) is 5.06. The summed E-state index contributed by atoms with van der Waals surface area (Å²) in [5.41, 5.74) is 0.798. The molecule has 2 amide bonds. The molecule has 3 rings (SSSR count). The van der Waals surface area contributed by atoms with Gasteiger partial charge in [-0.1, -0.05) is 18.3 Å². The largest absolute Gasteiger partial charge is 0.442 e. The maximum Gasteiger partial charge on any atom is 0.414 e. The van der Waals surface area contributed by atoms with Gasteiger partial charge in [0.15, 0.2) is 0 Å². The smallest absolute Gasteiger partial charge is 0.414 e. The van der Waals surface area contributed by atoms with E-state index in [1.54, 1.807) is 12.1 Å². The number of carbonyl (C=O) groups is 2. The van der Waals surface area contributed by atoms with E-state index in [9.17, 15) is 22.8 Å². The Morgan fingerprint density at radius 1 is 1.41 bits per heavy atom. The number of amides is 2. The fourth-order valence-electron chi connectivity index (χ4n) is 3.14. The molecule has 0 bridgehead atoms. The van der Waals surface area contributed by atoms with Gasteiger partial charge in [-0.3, -0.25) is 9.69 Å². The number of cyclic esters (lactones) is 1. The van der Waals surface area contributed by atoms with Crippen molar-refractivity contribution in [2.24, 2.45) is 0 Å². The number of ether oxygens (including phenoxy) is 1. The van der Waals surface area contributed by atoms with Crippen LogP contribution in [0.25, 0.3) is 0 Å². The summed E-state index contributed by atoms with van der Waals surface area (Å²) in [6.07, 6.45) is -3.22. The molecule has 2 aliphatic rings. The van der Waals surface area contributed by atoms with E-state index in [0.29, 0.717) is 30.6 Å². The number of piperidine rings is 1. The molecule has 10 heteroatoms. The lowest BCUT2D eigenvalue weighted by Gasteiger charge is -2.24. The van der Waals surface area contributed by atoms with Gasteiger partial charge in [0.25, 0.3) is 6.43 Å². The maximum absolute atomic E-state index is 14.5. The Morgan fingerprint density at radius 2 is 2.19 bits per heavy atom. The van der Waals surface area contributed by atoms with Crippen molar-refractivity contribution in [1.29, 1.82) is 0 Å². The molecule has 0 spiro atoms. The number of alkyl halides is 2. The van der Waals surface area contributed by atoms with Gasteiger partial charge in [0.05, 0.1) is 18.8 Å². The van der Waals surface area contributed by atoms with Crippen LogP contribution in [0.1, 0.15) is 24.3 Å². The average Bonchev–Trinajstić information content (AvgIpc) is 3.01. The molecule has 1 unspecified atom stereocenters. The second-order valence-electron chi connectivity index (χ2n) is 6.41. The third-order valence-electron chi connectivity index (χ3n) is 4.58. The zero-order valence-corrected chi connectivity index (χ0v) is 15.0. The topological polar surface area (TPSA) is 70.7 Å². The van der Waals surface area contributed by atoms with Gasteiger partial charge >= 0.3 is 6.09 Å². The number of anilines is 1. The summed E-state index contributed by atoms with van der Waals surface area (Å²) < 4.78 is 44.4. The van der Waals surface area contributed by atoms with E-state index in [0.717, 1.165) is 0 Å². The summed E-state index contributed by atoms with van der Waals surface area (Å²) in [4.78, 5) is 23.9. The Labute approximate surface area is 159 Å². The van der Waals surface area contributed by atoms with Gasteiger partial charge in [0.2, 0.25) is 5.91 Å². The van der Waals surface area contributed by atoms with Gasteiger partial charge in [0, 0.05) is 18.9 Å². The predicted molar refractivity (Wildman–Crippen MR) is 95.6 cm³/mol. The molecule has 6 nitrogen and oxygen atoms in total. The van der Waals surface area contributed by atoms with Gasteiger partial charge in [-0.25, -0.2) is 18.0 Å². The lowest BCUT2D eigenvalue weighted by Crippen LogP contribution is -2.36. The van der Waals surface area contributed by atoms with E-state index in [4.69, 9.17) is 4.74 Å². The second-order valence-corrected chi connectivity index (χ2v) is 6.85. The zero-order valence-electron chi connectivity index (χ0n) is 14.2. The molecule has 1 aromatic rings. The van der Waals surface area contributed by atoms with E-state index >= 15 is 0 Å². The molecule has 2 heterocycles. The number of hydrogen-bond acceptors (Lipinski definition) is 4. The Morgan fingerprint density at radius 3 is 2.81 bits per heavy atom. The standard InChI is InChI=1S/C17H18F3N3O3S/c18-13-5-10(2-3-12(13)9-1-4-14(24)21-6-9)23-8-11(26-17(23)25)7-22-16(27)15(19)20/h2-3,5,9,11,15H,1,4,6-8H2,(H,21,24)(H,22,27)/t9?,11-/m0/s1. The van der Waals surface area contributed by atoms with Crippen LogP contribution in [0.2, 0.25) is 0 Å². The Kier molecular flexibility index (Phi) is 5.83. The van der Waals surface area contributed by atoms with Crippen LogP contribution in [0.4, 0.5) is 23.7 Å². The number of thiocarbonyl (C=S) groups is 1. The number of carbonyl (C=O) groups excluding carboxylic acids is 2. The summed E-state index contributed by atoms with van der Waals surface area (Å²) in [5.74, 6) is -0.634. The first-order valence-electron chi connectivity index (χ1n) is 8.45. The highest BCUT2D eigenvalue weighted by molar-refractivity contribution is 7.80. The number of benzene rings is 1. The Hall–Kier alpha value is -2.36. The second kappa shape index (κ2) is 8.12. The average molecular weight is 401 g/mol. The third kappa shape index (κ3) is 4.49. The van der Waals surface area contributed by atoms with Gasteiger partial charge in [0.1, 0.15) is 16.9 Å². The maximum atomic E-state index is 14.5. The first-order valence-corrected chi connectivity index (χ1v) is 8.86. The monoisotopic (exact) mass is 401 g/mol. The number of nitrogens with one attached hydrogen (secondary N) is 2. The number of hydrogen-bond donors (Lipinski definition) is 2. The number of rotatable bonds is 5. The normalized spacial score (nSPS) is 22.6. The van der Waals surface area contributed by atoms with Crippen molar-refractivity contribution in [1.82, 2.24) is 10.6 Å². The number of nitrogens with zero attached hydrogens (tertiary/aromatic N) is 1. The van der Waals surface area contributed by atoms with E-state index in [1.807, 2.05) is 0 Å². The van der Waals surface area contributed by atoms with Crippen LogP contribution in [-0.2, 0) is 9.53 Å². The molecule has 2 N–H and O–H groups in total. The van der Waals surface area contributed by atoms with Gasteiger partial charge in [-0.2, -0.15) is 0 Å². The van der Waals surface area contributed by atoms with E-state index in [1.165, 1.54) is 11.0 Å². The van der Waals surface area contributed by atoms with Gasteiger partial charge in [-0.15, -0.1) is 0 Å². The fraction of sp³-hybridized carbons (Fsp3) is 0.471. The van der Waals surface area contributed by atoms with E-state index < -0.39 is 29.4 Å². The molecule has 0 radical (unpaired) electrons. The van der Waals surface area contributed by atoms with E-state index in [-0.39, 0.29) is 24.9 Å². The zero-order chi connectivity index (χ0) is 19.6. The van der Waals surface area contributed by atoms with Crippen LogP contribution in [0.3, 0.4) is 0 Å². The molecule has 0 saturated carbocycles. The summed E-state index contributed by atoms with van der Waals surface area (Å²) in [6, 6.07) is 4.44. The Bertz CT molecular complexity index is 752. The van der Waals surface area contributed by atoms with Crippen LogP contribution in [0, 0.1) is 5.82 Å². The minimum Gasteiger partial charge on any atom is -0.442 e. The Balaban J connectivity index is 1.64. The SMILES string of the molecule is O=C1CCC(c2ccc(N3C[C@H](CNC(=S)C(F)F)OC3=O)cc2F)CN1. The van der Waals surface area contributed by atoms with Crippen LogP contribution in [0.5, 0.6) is 0 Å². The van der Waals surface area contributed by atoms with Crippen molar-refractivity contribution in [2.45, 2.75) is 31.3 Å². The van der Waals surface area contributed by atoms with Crippen molar-refractivity contribution in [3.05, 3.63) is 29.6 Å².